The van der Waals surface area contributed by atoms with Crippen LogP contribution in [0.5, 0.6) is 5.75 Å². The van der Waals surface area contributed by atoms with Gasteiger partial charge < -0.3 is 15.0 Å². The lowest BCUT2D eigenvalue weighted by Gasteiger charge is -2.31. The quantitative estimate of drug-likeness (QED) is 0.911. The van der Waals surface area contributed by atoms with E-state index in [0.717, 1.165) is 25.1 Å². The van der Waals surface area contributed by atoms with Crippen LogP contribution in [0, 0.1) is 5.92 Å². The molecule has 0 spiro atoms. The van der Waals surface area contributed by atoms with Crippen LogP contribution in [0.3, 0.4) is 0 Å². The van der Waals surface area contributed by atoms with Crippen LogP contribution in [0.1, 0.15) is 32.3 Å². The predicted molar refractivity (Wildman–Crippen MR) is 83.8 cm³/mol. The third-order valence-corrected chi connectivity index (χ3v) is 4.34. The van der Waals surface area contributed by atoms with E-state index in [2.05, 4.69) is 12.2 Å². The number of likely N-dealkylation sites (tertiary alicyclic amines) is 1. The van der Waals surface area contributed by atoms with E-state index in [-0.39, 0.29) is 11.8 Å². The van der Waals surface area contributed by atoms with E-state index in [1.807, 2.05) is 23.1 Å². The Bertz CT molecular complexity index is 600. The number of carbonyl (C=O) groups excluding carboxylic acids is 2. The minimum absolute atomic E-state index is 0.152. The van der Waals surface area contributed by atoms with Crippen LogP contribution in [0.4, 0.5) is 5.69 Å². The van der Waals surface area contributed by atoms with Gasteiger partial charge in [-0.1, -0.05) is 13.0 Å². The van der Waals surface area contributed by atoms with E-state index < -0.39 is 6.10 Å². The number of nitrogens with one attached hydrogen (secondary N) is 1. The SMILES string of the molecule is CC1CCCN(C(=O)Cc2ccc3c(c2)NC(=O)C(C)O3)C1. The highest BCUT2D eigenvalue weighted by Crippen LogP contribution is 2.30. The highest BCUT2D eigenvalue weighted by Gasteiger charge is 2.25. The number of fused-ring (bicyclic) bond motifs is 1. The molecule has 2 atom stereocenters. The molecular formula is C17H22N2O3. The standard InChI is InChI=1S/C17H22N2O3/c1-11-4-3-7-19(10-11)16(20)9-13-5-6-15-14(8-13)18-17(21)12(2)22-15/h5-6,8,11-12H,3-4,7,9-10H2,1-2H3,(H,18,21). The van der Waals surface area contributed by atoms with Crippen molar-refractivity contribution >= 4 is 17.5 Å². The highest BCUT2D eigenvalue weighted by atomic mass is 16.5. The van der Waals surface area contributed by atoms with Gasteiger partial charge in [0.2, 0.25) is 5.91 Å². The molecule has 1 N–H and O–H groups in total. The van der Waals surface area contributed by atoms with Crippen LogP contribution in [0.2, 0.25) is 0 Å². The third-order valence-electron chi connectivity index (χ3n) is 4.34. The van der Waals surface area contributed by atoms with Crippen molar-refractivity contribution in [3.8, 4) is 5.75 Å². The number of hydrogen-bond acceptors (Lipinski definition) is 3. The number of rotatable bonds is 2. The van der Waals surface area contributed by atoms with E-state index in [9.17, 15) is 9.59 Å². The molecule has 22 heavy (non-hydrogen) atoms. The molecule has 2 unspecified atom stereocenters. The predicted octanol–water partition coefficient (Wildman–Crippen LogP) is 2.21. The lowest BCUT2D eigenvalue weighted by atomic mass is 9.99. The van der Waals surface area contributed by atoms with Crippen molar-refractivity contribution in [2.75, 3.05) is 18.4 Å². The Morgan fingerprint density at radius 1 is 1.41 bits per heavy atom. The van der Waals surface area contributed by atoms with Gasteiger partial charge in [0.15, 0.2) is 6.10 Å². The molecule has 2 aliphatic rings. The number of nitrogens with zero attached hydrogens (tertiary/aromatic N) is 1. The van der Waals surface area contributed by atoms with Gasteiger partial charge in [0.1, 0.15) is 5.75 Å². The zero-order valence-electron chi connectivity index (χ0n) is 13.1. The summed E-state index contributed by atoms with van der Waals surface area (Å²) in [5.41, 5.74) is 1.56. The Kier molecular flexibility index (Phi) is 4.05. The second kappa shape index (κ2) is 5.99. The molecule has 2 heterocycles. The fourth-order valence-corrected chi connectivity index (χ4v) is 3.07. The summed E-state index contributed by atoms with van der Waals surface area (Å²) in [6.45, 7) is 5.60. The van der Waals surface area contributed by atoms with Gasteiger partial charge in [-0.3, -0.25) is 9.59 Å². The monoisotopic (exact) mass is 302 g/mol. The van der Waals surface area contributed by atoms with Crippen molar-refractivity contribution in [3.05, 3.63) is 23.8 Å². The summed E-state index contributed by atoms with van der Waals surface area (Å²) in [5.74, 6) is 1.24. The van der Waals surface area contributed by atoms with Crippen LogP contribution < -0.4 is 10.1 Å². The average molecular weight is 302 g/mol. The summed E-state index contributed by atoms with van der Waals surface area (Å²) in [6, 6.07) is 5.56. The van der Waals surface area contributed by atoms with Crippen molar-refractivity contribution in [2.45, 2.75) is 39.2 Å². The molecule has 0 saturated carbocycles. The molecule has 0 bridgehead atoms. The van der Waals surface area contributed by atoms with Crippen LogP contribution in [-0.4, -0.2) is 35.9 Å². The minimum Gasteiger partial charge on any atom is -0.479 e. The van der Waals surface area contributed by atoms with Gasteiger partial charge in [-0.2, -0.15) is 0 Å². The van der Waals surface area contributed by atoms with Crippen LogP contribution >= 0.6 is 0 Å². The number of benzene rings is 1. The first-order valence-electron chi connectivity index (χ1n) is 7.91. The molecule has 3 rings (SSSR count). The van der Waals surface area contributed by atoms with E-state index in [1.165, 1.54) is 6.42 Å². The summed E-state index contributed by atoms with van der Waals surface area (Å²) in [4.78, 5) is 26.0. The molecule has 5 heteroatoms. The molecule has 2 amide bonds. The molecular weight excluding hydrogens is 280 g/mol. The Labute approximate surface area is 130 Å². The van der Waals surface area contributed by atoms with Crippen molar-refractivity contribution in [2.24, 2.45) is 5.92 Å². The normalized spacial score (nSPS) is 24.3. The van der Waals surface area contributed by atoms with Gasteiger partial charge in [-0.25, -0.2) is 0 Å². The summed E-state index contributed by atoms with van der Waals surface area (Å²) >= 11 is 0. The van der Waals surface area contributed by atoms with Gasteiger partial charge in [0.05, 0.1) is 12.1 Å². The first-order valence-corrected chi connectivity index (χ1v) is 7.91. The van der Waals surface area contributed by atoms with Crippen molar-refractivity contribution in [3.63, 3.8) is 0 Å². The molecule has 5 nitrogen and oxygen atoms in total. The Balaban J connectivity index is 1.69. The van der Waals surface area contributed by atoms with Crippen molar-refractivity contribution in [1.29, 1.82) is 0 Å². The fourth-order valence-electron chi connectivity index (χ4n) is 3.07. The van der Waals surface area contributed by atoms with E-state index in [4.69, 9.17) is 4.74 Å². The number of amides is 2. The van der Waals surface area contributed by atoms with Gasteiger partial charge in [-0.05, 0) is 43.4 Å². The second-order valence-electron chi connectivity index (χ2n) is 6.34. The number of hydrogen-bond donors (Lipinski definition) is 1. The number of carbonyl (C=O) groups is 2. The average Bonchev–Trinajstić information content (AvgIpc) is 2.49. The zero-order valence-corrected chi connectivity index (χ0v) is 13.1. The molecule has 1 fully saturated rings. The number of ether oxygens (including phenoxy) is 1. The number of piperidine rings is 1. The first-order chi connectivity index (χ1) is 10.5. The van der Waals surface area contributed by atoms with Gasteiger partial charge in [0.25, 0.3) is 5.91 Å². The second-order valence-corrected chi connectivity index (χ2v) is 6.34. The maximum Gasteiger partial charge on any atom is 0.265 e. The molecule has 2 aliphatic heterocycles. The first kappa shape index (κ1) is 14.9. The Morgan fingerprint density at radius 3 is 3.00 bits per heavy atom. The van der Waals surface area contributed by atoms with E-state index in [1.54, 1.807) is 6.92 Å². The molecule has 0 aromatic heterocycles. The van der Waals surface area contributed by atoms with Gasteiger partial charge in [0, 0.05) is 13.1 Å². The van der Waals surface area contributed by atoms with Gasteiger partial charge in [-0.15, -0.1) is 0 Å². The van der Waals surface area contributed by atoms with Gasteiger partial charge >= 0.3 is 0 Å². The summed E-state index contributed by atoms with van der Waals surface area (Å²) in [5, 5.41) is 2.82. The Morgan fingerprint density at radius 2 is 2.23 bits per heavy atom. The molecule has 118 valence electrons. The summed E-state index contributed by atoms with van der Waals surface area (Å²) in [6.07, 6.45) is 2.17. The lowest BCUT2D eigenvalue weighted by Crippen LogP contribution is -2.40. The maximum absolute atomic E-state index is 12.4. The molecule has 1 aromatic carbocycles. The minimum atomic E-state index is -0.477. The zero-order chi connectivity index (χ0) is 15.7. The Hall–Kier alpha value is -2.04. The molecule has 1 aromatic rings. The van der Waals surface area contributed by atoms with Crippen LogP contribution in [0.25, 0.3) is 0 Å². The molecule has 1 saturated heterocycles. The fraction of sp³-hybridized carbons (Fsp3) is 0.529. The smallest absolute Gasteiger partial charge is 0.265 e. The van der Waals surface area contributed by atoms with E-state index >= 15 is 0 Å². The van der Waals surface area contributed by atoms with E-state index in [0.29, 0.717) is 23.8 Å². The third kappa shape index (κ3) is 3.08. The van der Waals surface area contributed by atoms with Crippen LogP contribution in [0.15, 0.2) is 18.2 Å². The topological polar surface area (TPSA) is 58.6 Å². The lowest BCUT2D eigenvalue weighted by molar-refractivity contribution is -0.132. The van der Waals surface area contributed by atoms with Crippen LogP contribution in [-0.2, 0) is 16.0 Å². The van der Waals surface area contributed by atoms with Crippen molar-refractivity contribution < 1.29 is 14.3 Å². The summed E-state index contributed by atoms with van der Waals surface area (Å²) in [7, 11) is 0. The molecule has 0 radical (unpaired) electrons. The number of anilines is 1. The molecule has 0 aliphatic carbocycles. The summed E-state index contributed by atoms with van der Waals surface area (Å²) < 4.78 is 5.53. The largest absolute Gasteiger partial charge is 0.479 e. The maximum atomic E-state index is 12.4. The highest BCUT2D eigenvalue weighted by molar-refractivity contribution is 5.97. The van der Waals surface area contributed by atoms with Crippen molar-refractivity contribution in [1.82, 2.24) is 4.90 Å².